The van der Waals surface area contributed by atoms with Crippen LogP contribution in [-0.4, -0.2) is 51.5 Å². The van der Waals surface area contributed by atoms with Crippen molar-refractivity contribution in [1.29, 1.82) is 0 Å². The summed E-state index contributed by atoms with van der Waals surface area (Å²) in [6.45, 7) is 8.68. The zero-order chi connectivity index (χ0) is 30.8. The number of benzene rings is 3. The lowest BCUT2D eigenvalue weighted by Crippen LogP contribution is -2.54. The molecule has 42 heavy (non-hydrogen) atoms. The van der Waals surface area contributed by atoms with Gasteiger partial charge in [-0.2, -0.15) is 0 Å². The van der Waals surface area contributed by atoms with Crippen molar-refractivity contribution < 1.29 is 29.0 Å². The van der Waals surface area contributed by atoms with Gasteiger partial charge >= 0.3 is 6.09 Å². The average molecular weight is 575 g/mol. The van der Waals surface area contributed by atoms with Crippen molar-refractivity contribution in [3.05, 3.63) is 71.8 Å². The van der Waals surface area contributed by atoms with Gasteiger partial charge in [-0.1, -0.05) is 43.3 Å². The summed E-state index contributed by atoms with van der Waals surface area (Å²) in [4.78, 5) is 54.4. The van der Waals surface area contributed by atoms with E-state index in [1.807, 2.05) is 43.3 Å². The van der Waals surface area contributed by atoms with Crippen LogP contribution in [0.2, 0.25) is 0 Å². The Kier molecular flexibility index (Phi) is 8.75. The van der Waals surface area contributed by atoms with E-state index in [2.05, 4.69) is 10.6 Å². The van der Waals surface area contributed by atoms with Crippen LogP contribution in [0.5, 0.6) is 5.75 Å². The first-order valence-electron chi connectivity index (χ1n) is 13.9. The van der Waals surface area contributed by atoms with Crippen LogP contribution in [0.25, 0.3) is 10.8 Å². The molecule has 0 bridgehead atoms. The van der Waals surface area contributed by atoms with E-state index >= 15 is 0 Å². The third-order valence-electron chi connectivity index (χ3n) is 7.15. The second kappa shape index (κ2) is 12.1. The van der Waals surface area contributed by atoms with E-state index in [1.54, 1.807) is 45.9 Å². The predicted molar refractivity (Wildman–Crippen MR) is 160 cm³/mol. The van der Waals surface area contributed by atoms with Gasteiger partial charge in [0.05, 0.1) is 6.42 Å². The summed E-state index contributed by atoms with van der Waals surface area (Å²) in [6, 6.07) is 15.1. The highest BCUT2D eigenvalue weighted by Crippen LogP contribution is 2.41. The fourth-order valence-electron chi connectivity index (χ4n) is 4.97. The zero-order valence-electron chi connectivity index (χ0n) is 24.5. The fourth-order valence-corrected chi connectivity index (χ4v) is 4.97. The molecule has 10 nitrogen and oxygen atoms in total. The van der Waals surface area contributed by atoms with Gasteiger partial charge in [0, 0.05) is 11.7 Å². The Labute approximate surface area is 245 Å². The Hall–Kier alpha value is -4.60. The number of carbonyl (C=O) groups is 4. The number of hydrogen-bond donors (Lipinski definition) is 4. The SMILES string of the molecule is Cc1cc(C(C(=O)Nc2ccc3ccccc3c2)N(C(=O)C(CC(N)=O)NC(=O)OC(C)(C)C)C2CC2C)ccc1O. The highest BCUT2D eigenvalue weighted by Gasteiger charge is 2.48. The van der Waals surface area contributed by atoms with Crippen LogP contribution in [0.4, 0.5) is 10.5 Å². The standard InChI is InChI=1S/C32H38N4O6/c1-18-15-25(18)36(30(40)24(17-27(33)38)35-31(41)42-32(3,4)5)28(22-11-13-26(37)19(2)14-22)29(39)34-23-12-10-20-8-6-7-9-21(20)16-23/h6-14,16,18,24-25,28,37H,15,17H2,1-5H3,(H2,33,38)(H,34,39)(H,35,41). The number of nitrogens with one attached hydrogen (secondary N) is 2. The molecule has 3 aromatic carbocycles. The summed E-state index contributed by atoms with van der Waals surface area (Å²) in [6.07, 6.45) is -0.745. The number of aryl methyl sites for hydroxylation is 1. The van der Waals surface area contributed by atoms with Gasteiger partial charge in [0.25, 0.3) is 5.91 Å². The maximum atomic E-state index is 14.2. The lowest BCUT2D eigenvalue weighted by molar-refractivity contribution is -0.142. The number of nitrogens with zero attached hydrogens (tertiary/aromatic N) is 1. The van der Waals surface area contributed by atoms with Crippen LogP contribution < -0.4 is 16.4 Å². The molecule has 0 aromatic heterocycles. The van der Waals surface area contributed by atoms with Gasteiger partial charge in [-0.3, -0.25) is 14.4 Å². The van der Waals surface area contributed by atoms with Gasteiger partial charge in [0.15, 0.2) is 0 Å². The number of amides is 4. The number of carbonyl (C=O) groups excluding carboxylic acids is 4. The van der Waals surface area contributed by atoms with E-state index in [9.17, 15) is 24.3 Å². The number of hydrogen-bond acceptors (Lipinski definition) is 6. The molecular weight excluding hydrogens is 536 g/mol. The summed E-state index contributed by atoms with van der Waals surface area (Å²) in [5.41, 5.74) is 6.15. The third-order valence-corrected chi connectivity index (χ3v) is 7.15. The summed E-state index contributed by atoms with van der Waals surface area (Å²) in [5.74, 6) is -1.82. The lowest BCUT2D eigenvalue weighted by Gasteiger charge is -2.35. The van der Waals surface area contributed by atoms with E-state index in [-0.39, 0.29) is 17.7 Å². The predicted octanol–water partition coefficient (Wildman–Crippen LogP) is 4.54. The molecule has 0 saturated heterocycles. The summed E-state index contributed by atoms with van der Waals surface area (Å²) in [7, 11) is 0. The average Bonchev–Trinajstić information content (AvgIpc) is 3.62. The third kappa shape index (κ3) is 7.37. The van der Waals surface area contributed by atoms with Gasteiger partial charge in [0.1, 0.15) is 23.4 Å². The van der Waals surface area contributed by atoms with Gasteiger partial charge in [-0.25, -0.2) is 4.79 Å². The van der Waals surface area contributed by atoms with Crippen LogP contribution in [-0.2, 0) is 19.1 Å². The highest BCUT2D eigenvalue weighted by atomic mass is 16.6. The number of primary amides is 1. The molecule has 1 fully saturated rings. The van der Waals surface area contributed by atoms with Crippen LogP contribution in [0.15, 0.2) is 60.7 Å². The maximum Gasteiger partial charge on any atom is 0.408 e. The molecule has 4 atom stereocenters. The van der Waals surface area contributed by atoms with E-state index in [0.29, 0.717) is 23.2 Å². The molecule has 5 N–H and O–H groups in total. The minimum atomic E-state index is -1.36. The first-order chi connectivity index (χ1) is 19.7. The smallest absolute Gasteiger partial charge is 0.408 e. The largest absolute Gasteiger partial charge is 0.508 e. The van der Waals surface area contributed by atoms with Crippen LogP contribution in [0, 0.1) is 12.8 Å². The van der Waals surface area contributed by atoms with Gasteiger partial charge in [0.2, 0.25) is 11.8 Å². The number of anilines is 1. The number of ether oxygens (including phenoxy) is 1. The van der Waals surface area contributed by atoms with Gasteiger partial charge < -0.3 is 31.1 Å². The molecule has 0 radical (unpaired) electrons. The summed E-state index contributed by atoms with van der Waals surface area (Å²) < 4.78 is 5.33. The van der Waals surface area contributed by atoms with E-state index in [4.69, 9.17) is 10.5 Å². The zero-order valence-corrected chi connectivity index (χ0v) is 24.5. The molecule has 0 aliphatic heterocycles. The number of nitrogens with two attached hydrogens (primary N) is 1. The molecule has 222 valence electrons. The minimum Gasteiger partial charge on any atom is -0.508 e. The second-order valence-electron chi connectivity index (χ2n) is 11.9. The quantitative estimate of drug-likeness (QED) is 0.295. The van der Waals surface area contributed by atoms with Crippen molar-refractivity contribution in [1.82, 2.24) is 10.2 Å². The molecule has 1 saturated carbocycles. The molecule has 4 unspecified atom stereocenters. The van der Waals surface area contributed by atoms with Crippen molar-refractivity contribution >= 4 is 40.3 Å². The Bertz CT molecular complexity index is 1510. The van der Waals surface area contributed by atoms with Crippen molar-refractivity contribution in [3.63, 3.8) is 0 Å². The van der Waals surface area contributed by atoms with Crippen molar-refractivity contribution in [2.24, 2.45) is 11.7 Å². The molecule has 4 amide bonds. The molecule has 10 heteroatoms. The van der Waals surface area contributed by atoms with E-state index in [0.717, 1.165) is 10.8 Å². The number of fused-ring (bicyclic) bond motifs is 1. The normalized spacial score (nSPS) is 17.5. The van der Waals surface area contributed by atoms with Crippen LogP contribution >= 0.6 is 0 Å². The first kappa shape index (κ1) is 30.4. The minimum absolute atomic E-state index is 0.0447. The first-order valence-corrected chi connectivity index (χ1v) is 13.9. The summed E-state index contributed by atoms with van der Waals surface area (Å²) >= 11 is 0. The Balaban J connectivity index is 1.74. The number of rotatable bonds is 9. The molecule has 0 spiro atoms. The molecule has 1 aliphatic rings. The molecule has 0 heterocycles. The van der Waals surface area contributed by atoms with Gasteiger partial charge in [-0.05, 0) is 86.2 Å². The molecule has 4 rings (SSSR count). The molecular formula is C32H38N4O6. The Morgan fingerprint density at radius 2 is 1.71 bits per heavy atom. The number of alkyl carbamates (subject to hydrolysis) is 1. The van der Waals surface area contributed by atoms with Crippen molar-refractivity contribution in [3.8, 4) is 5.75 Å². The van der Waals surface area contributed by atoms with E-state index < -0.39 is 47.9 Å². The van der Waals surface area contributed by atoms with Crippen molar-refractivity contribution in [2.45, 2.75) is 71.2 Å². The Morgan fingerprint density at radius 1 is 1.05 bits per heavy atom. The number of aromatic hydroxyl groups is 1. The monoisotopic (exact) mass is 574 g/mol. The summed E-state index contributed by atoms with van der Waals surface area (Å²) in [5, 5.41) is 17.6. The Morgan fingerprint density at radius 3 is 2.31 bits per heavy atom. The number of phenolic OH excluding ortho intramolecular Hbond substituents is 1. The molecule has 3 aromatic rings. The van der Waals surface area contributed by atoms with Crippen LogP contribution in [0.3, 0.4) is 0 Å². The van der Waals surface area contributed by atoms with E-state index in [1.165, 1.54) is 11.0 Å². The second-order valence-corrected chi connectivity index (χ2v) is 11.9. The van der Waals surface area contributed by atoms with Crippen LogP contribution in [0.1, 0.15) is 57.7 Å². The highest BCUT2D eigenvalue weighted by molar-refractivity contribution is 6.01. The lowest BCUT2D eigenvalue weighted by atomic mass is 9.99. The fraction of sp³-hybridized carbons (Fsp3) is 0.375. The molecule has 1 aliphatic carbocycles. The maximum absolute atomic E-state index is 14.2. The number of phenols is 1. The topological polar surface area (TPSA) is 151 Å². The van der Waals surface area contributed by atoms with Crippen molar-refractivity contribution in [2.75, 3.05) is 5.32 Å². The van der Waals surface area contributed by atoms with Gasteiger partial charge in [-0.15, -0.1) is 0 Å².